The fraction of sp³-hybridized carbons (Fsp3) is 0.391. The normalized spacial score (nSPS) is 18.3. The molecule has 1 amide bonds. The van der Waals surface area contributed by atoms with Crippen LogP contribution in [0.25, 0.3) is 5.69 Å². The quantitative estimate of drug-likeness (QED) is 0.634. The molecule has 31 heavy (non-hydrogen) atoms. The average molecular weight is 418 g/mol. The number of carbonyl (C=O) groups is 1. The summed E-state index contributed by atoms with van der Waals surface area (Å²) in [7, 11) is 0. The summed E-state index contributed by atoms with van der Waals surface area (Å²) in [6, 6.07) is 19.9. The predicted octanol–water partition coefficient (Wildman–Crippen LogP) is 2.15. The van der Waals surface area contributed by atoms with Gasteiger partial charge in [-0.2, -0.15) is 4.68 Å². The summed E-state index contributed by atoms with van der Waals surface area (Å²) >= 11 is 0. The third-order valence-electron chi connectivity index (χ3n) is 6.18. The van der Waals surface area contributed by atoms with E-state index in [2.05, 4.69) is 37.5 Å². The predicted molar refractivity (Wildman–Crippen MR) is 118 cm³/mol. The maximum absolute atomic E-state index is 13.4. The number of tetrazole rings is 1. The van der Waals surface area contributed by atoms with Crippen LogP contribution in [0.5, 0.6) is 0 Å². The monoisotopic (exact) mass is 417 g/mol. The topological polar surface area (TPSA) is 70.4 Å². The minimum absolute atomic E-state index is 0.228. The number of piperazine rings is 1. The molecule has 3 aromatic rings. The molecule has 5 rings (SSSR count). The van der Waals surface area contributed by atoms with E-state index in [0.29, 0.717) is 0 Å². The van der Waals surface area contributed by atoms with Gasteiger partial charge in [0, 0.05) is 39.3 Å². The maximum Gasteiger partial charge on any atom is 0.250 e. The van der Waals surface area contributed by atoms with E-state index in [4.69, 9.17) is 0 Å². The molecule has 2 aliphatic heterocycles. The lowest BCUT2D eigenvalue weighted by Gasteiger charge is -2.40. The summed E-state index contributed by atoms with van der Waals surface area (Å²) < 4.78 is 1.78. The second-order valence-electron chi connectivity index (χ2n) is 8.09. The average Bonchev–Trinajstić information content (AvgIpc) is 3.54. The van der Waals surface area contributed by atoms with Crippen molar-refractivity contribution in [1.29, 1.82) is 0 Å². The number of amides is 1. The van der Waals surface area contributed by atoms with E-state index in [9.17, 15) is 4.79 Å². The van der Waals surface area contributed by atoms with E-state index >= 15 is 0 Å². The van der Waals surface area contributed by atoms with Crippen molar-refractivity contribution in [1.82, 2.24) is 30.0 Å². The fourth-order valence-electron chi connectivity index (χ4n) is 4.55. The Bertz CT molecular complexity index is 993. The summed E-state index contributed by atoms with van der Waals surface area (Å²) in [6.07, 6.45) is 2.20. The van der Waals surface area contributed by atoms with Crippen molar-refractivity contribution in [2.75, 3.05) is 44.2 Å². The minimum Gasteiger partial charge on any atom is -0.341 e. The number of para-hydroxylation sites is 1. The zero-order valence-corrected chi connectivity index (χ0v) is 17.5. The molecule has 2 fully saturated rings. The van der Waals surface area contributed by atoms with Gasteiger partial charge in [-0.25, -0.2) is 0 Å². The van der Waals surface area contributed by atoms with Gasteiger partial charge in [-0.1, -0.05) is 53.6 Å². The second kappa shape index (κ2) is 8.85. The third-order valence-corrected chi connectivity index (χ3v) is 6.18. The van der Waals surface area contributed by atoms with Gasteiger partial charge in [-0.15, -0.1) is 0 Å². The van der Waals surface area contributed by atoms with Gasteiger partial charge in [0.05, 0.1) is 5.69 Å². The number of aromatic nitrogens is 4. The van der Waals surface area contributed by atoms with Crippen LogP contribution in [-0.4, -0.2) is 75.2 Å². The minimum atomic E-state index is -0.230. The van der Waals surface area contributed by atoms with Crippen molar-refractivity contribution in [2.24, 2.45) is 0 Å². The Morgan fingerprint density at radius 1 is 0.806 bits per heavy atom. The SMILES string of the molecule is O=C(C(c1ccccc1)N1CCN(c2nnnn2-c2ccccc2)CC1)N1CCCC1. The Kier molecular flexibility index (Phi) is 5.62. The van der Waals surface area contributed by atoms with Crippen LogP contribution in [0.3, 0.4) is 0 Å². The summed E-state index contributed by atoms with van der Waals surface area (Å²) in [5, 5.41) is 12.4. The van der Waals surface area contributed by atoms with Gasteiger partial charge >= 0.3 is 0 Å². The Labute approximate surface area is 182 Å². The number of anilines is 1. The summed E-state index contributed by atoms with van der Waals surface area (Å²) in [6.45, 7) is 4.83. The molecule has 0 radical (unpaired) electrons. The Balaban J connectivity index is 1.34. The molecule has 8 nitrogen and oxygen atoms in total. The number of rotatable bonds is 5. The van der Waals surface area contributed by atoms with E-state index in [1.165, 1.54) is 0 Å². The summed E-state index contributed by atoms with van der Waals surface area (Å²) in [5.74, 6) is 0.972. The third kappa shape index (κ3) is 4.03. The standard InChI is InChI=1S/C23H27N7O/c31-22(28-13-7-8-14-28)21(19-9-3-1-4-10-19)27-15-17-29(18-16-27)23-24-25-26-30(23)20-11-5-2-6-12-20/h1-6,9-12,21H,7-8,13-18H2. The zero-order chi connectivity index (χ0) is 21.0. The Morgan fingerprint density at radius 2 is 1.45 bits per heavy atom. The van der Waals surface area contributed by atoms with Crippen LogP contribution in [0.4, 0.5) is 5.95 Å². The van der Waals surface area contributed by atoms with E-state index in [1.807, 2.05) is 53.4 Å². The molecule has 3 heterocycles. The first-order valence-electron chi connectivity index (χ1n) is 11.0. The maximum atomic E-state index is 13.4. The lowest BCUT2D eigenvalue weighted by molar-refractivity contribution is -0.136. The van der Waals surface area contributed by atoms with Gasteiger partial charge in [-0.3, -0.25) is 9.69 Å². The van der Waals surface area contributed by atoms with Crippen LogP contribution < -0.4 is 4.90 Å². The van der Waals surface area contributed by atoms with E-state index < -0.39 is 0 Å². The largest absolute Gasteiger partial charge is 0.341 e. The molecule has 0 bridgehead atoms. The van der Waals surface area contributed by atoms with Crippen LogP contribution in [0.2, 0.25) is 0 Å². The highest BCUT2D eigenvalue weighted by Crippen LogP contribution is 2.27. The molecular weight excluding hydrogens is 390 g/mol. The zero-order valence-electron chi connectivity index (χ0n) is 17.5. The number of likely N-dealkylation sites (tertiary alicyclic amines) is 1. The second-order valence-corrected chi connectivity index (χ2v) is 8.09. The van der Waals surface area contributed by atoms with Crippen LogP contribution >= 0.6 is 0 Å². The van der Waals surface area contributed by atoms with E-state index in [-0.39, 0.29) is 11.9 Å². The molecule has 160 valence electrons. The molecule has 0 N–H and O–H groups in total. The first kappa shape index (κ1) is 19.7. The molecular formula is C23H27N7O. The molecule has 0 saturated carbocycles. The van der Waals surface area contributed by atoms with Crippen molar-refractivity contribution in [3.8, 4) is 5.69 Å². The molecule has 0 aliphatic carbocycles. The number of nitrogens with zero attached hydrogens (tertiary/aromatic N) is 7. The van der Waals surface area contributed by atoms with Gasteiger partial charge in [0.25, 0.3) is 0 Å². The van der Waals surface area contributed by atoms with Crippen LogP contribution in [0.1, 0.15) is 24.4 Å². The first-order chi connectivity index (χ1) is 15.3. The van der Waals surface area contributed by atoms with Gasteiger partial charge in [0.2, 0.25) is 11.9 Å². The van der Waals surface area contributed by atoms with Gasteiger partial charge in [0.15, 0.2) is 0 Å². The Morgan fingerprint density at radius 3 is 2.13 bits per heavy atom. The first-order valence-corrected chi connectivity index (χ1v) is 11.0. The van der Waals surface area contributed by atoms with Crippen LogP contribution in [0, 0.1) is 0 Å². The van der Waals surface area contributed by atoms with Crippen molar-refractivity contribution in [3.05, 3.63) is 66.2 Å². The fourth-order valence-corrected chi connectivity index (χ4v) is 4.55. The van der Waals surface area contributed by atoms with Gasteiger partial charge < -0.3 is 9.80 Å². The number of carbonyl (C=O) groups excluding carboxylic acids is 1. The van der Waals surface area contributed by atoms with Crippen molar-refractivity contribution in [3.63, 3.8) is 0 Å². The molecule has 8 heteroatoms. The summed E-state index contributed by atoms with van der Waals surface area (Å²) in [4.78, 5) is 20.0. The highest BCUT2D eigenvalue weighted by molar-refractivity contribution is 5.83. The van der Waals surface area contributed by atoms with Crippen LogP contribution in [0.15, 0.2) is 60.7 Å². The van der Waals surface area contributed by atoms with Crippen molar-refractivity contribution >= 4 is 11.9 Å². The molecule has 2 saturated heterocycles. The molecule has 2 aliphatic rings. The Hall–Kier alpha value is -3.26. The molecule has 2 aromatic carbocycles. The molecule has 0 spiro atoms. The van der Waals surface area contributed by atoms with Crippen LogP contribution in [-0.2, 0) is 4.79 Å². The lowest BCUT2D eigenvalue weighted by atomic mass is 10.0. The molecule has 1 aromatic heterocycles. The number of hydrogen-bond acceptors (Lipinski definition) is 6. The highest BCUT2D eigenvalue weighted by atomic mass is 16.2. The van der Waals surface area contributed by atoms with E-state index in [0.717, 1.165) is 69.3 Å². The van der Waals surface area contributed by atoms with Gasteiger partial charge in [0.1, 0.15) is 6.04 Å². The lowest BCUT2D eigenvalue weighted by Crippen LogP contribution is -2.52. The highest BCUT2D eigenvalue weighted by Gasteiger charge is 2.35. The van der Waals surface area contributed by atoms with Crippen molar-refractivity contribution in [2.45, 2.75) is 18.9 Å². The van der Waals surface area contributed by atoms with Crippen molar-refractivity contribution < 1.29 is 4.79 Å². The number of benzene rings is 2. The molecule has 1 atom stereocenters. The molecule has 1 unspecified atom stereocenters. The van der Waals surface area contributed by atoms with Gasteiger partial charge in [-0.05, 0) is 41.0 Å². The summed E-state index contributed by atoms with van der Waals surface area (Å²) in [5.41, 5.74) is 2.01. The number of hydrogen-bond donors (Lipinski definition) is 0. The smallest absolute Gasteiger partial charge is 0.250 e. The van der Waals surface area contributed by atoms with E-state index in [1.54, 1.807) is 4.68 Å².